The number of fused-ring (bicyclic) bond motifs is 5. The molecule has 0 saturated heterocycles. The first-order valence-corrected chi connectivity index (χ1v) is 8.85. The van der Waals surface area contributed by atoms with Crippen molar-refractivity contribution in [3.8, 4) is 6.07 Å². The van der Waals surface area contributed by atoms with E-state index in [1.165, 1.54) is 44.1 Å². The summed E-state index contributed by atoms with van der Waals surface area (Å²) in [7, 11) is 0. The van der Waals surface area contributed by atoms with E-state index >= 15 is 0 Å². The molecule has 0 amide bonds. The fourth-order valence-corrected chi connectivity index (χ4v) is 5.87. The average Bonchev–Trinajstić information content (AvgIpc) is 2.54. The molecule has 2 heteroatoms. The summed E-state index contributed by atoms with van der Waals surface area (Å²) >= 11 is 0. The Kier molecular flexibility index (Phi) is 3.29. The van der Waals surface area contributed by atoms with Gasteiger partial charge in [-0.1, -0.05) is 25.8 Å². The second kappa shape index (κ2) is 5.08. The molecule has 1 nitrogen and oxygen atoms in total. The Balaban J connectivity index is 1.73. The third-order valence-corrected chi connectivity index (χ3v) is 7.00. The highest BCUT2D eigenvalue weighted by Gasteiger charge is 2.49. The Morgan fingerprint density at radius 3 is 2.86 bits per heavy atom. The molecule has 4 rings (SSSR count). The van der Waals surface area contributed by atoms with Crippen LogP contribution in [0.5, 0.6) is 0 Å². The van der Waals surface area contributed by atoms with Gasteiger partial charge in [0.05, 0.1) is 5.56 Å². The van der Waals surface area contributed by atoms with E-state index in [0.29, 0.717) is 11.3 Å². The minimum atomic E-state index is -0.240. The van der Waals surface area contributed by atoms with Gasteiger partial charge in [0, 0.05) is 0 Å². The molecule has 3 aliphatic rings. The predicted octanol–water partition coefficient (Wildman–Crippen LogP) is 5.33. The number of benzene rings is 1. The normalized spacial score (nSPS) is 36.7. The summed E-state index contributed by atoms with van der Waals surface area (Å²) in [5, 5.41) is 9.05. The van der Waals surface area contributed by atoms with E-state index in [0.717, 1.165) is 30.2 Å². The van der Waals surface area contributed by atoms with Gasteiger partial charge in [0.25, 0.3) is 0 Å². The summed E-state index contributed by atoms with van der Waals surface area (Å²) in [6, 6.07) is 5.75. The van der Waals surface area contributed by atoms with Crippen LogP contribution in [0.1, 0.15) is 74.5 Å². The van der Waals surface area contributed by atoms with Crippen LogP contribution in [0.15, 0.2) is 12.1 Å². The van der Waals surface area contributed by atoms with Crippen LogP contribution in [0.2, 0.25) is 0 Å². The van der Waals surface area contributed by atoms with E-state index < -0.39 is 0 Å². The highest BCUT2D eigenvalue weighted by molar-refractivity contribution is 5.43. The van der Waals surface area contributed by atoms with Gasteiger partial charge in [-0.15, -0.1) is 0 Å². The molecule has 0 spiro atoms. The molecule has 3 unspecified atom stereocenters. The van der Waals surface area contributed by atoms with Gasteiger partial charge in [0.2, 0.25) is 0 Å². The summed E-state index contributed by atoms with van der Waals surface area (Å²) < 4.78 is 14.5. The number of hydrogen-bond acceptors (Lipinski definition) is 1. The molecule has 22 heavy (non-hydrogen) atoms. The van der Waals surface area contributed by atoms with E-state index in [-0.39, 0.29) is 11.4 Å². The summed E-state index contributed by atoms with van der Waals surface area (Å²) in [6.45, 7) is 2.50. The number of rotatable bonds is 0. The van der Waals surface area contributed by atoms with Crippen LogP contribution < -0.4 is 0 Å². The Labute approximate surface area is 132 Å². The fraction of sp³-hybridized carbons (Fsp3) is 0.650. The molecule has 0 bridgehead atoms. The predicted molar refractivity (Wildman–Crippen MR) is 85.0 cm³/mol. The second-order valence-corrected chi connectivity index (χ2v) is 7.96. The Morgan fingerprint density at radius 1 is 1.18 bits per heavy atom. The quantitative estimate of drug-likeness (QED) is 0.634. The monoisotopic (exact) mass is 297 g/mol. The summed E-state index contributed by atoms with van der Waals surface area (Å²) in [5.74, 6) is 1.85. The molecular weight excluding hydrogens is 273 g/mol. The molecule has 0 aliphatic heterocycles. The molecule has 0 N–H and O–H groups in total. The highest BCUT2D eigenvalue weighted by Crippen LogP contribution is 2.59. The van der Waals surface area contributed by atoms with Crippen LogP contribution >= 0.6 is 0 Å². The molecule has 1 aromatic carbocycles. The lowest BCUT2D eigenvalue weighted by molar-refractivity contribution is -0.00447. The van der Waals surface area contributed by atoms with E-state index in [9.17, 15) is 4.39 Å². The number of nitrogens with zero attached hydrogens (tertiary/aromatic N) is 1. The van der Waals surface area contributed by atoms with Gasteiger partial charge in [-0.25, -0.2) is 4.39 Å². The van der Waals surface area contributed by atoms with Crippen LogP contribution in [0.3, 0.4) is 0 Å². The van der Waals surface area contributed by atoms with Gasteiger partial charge < -0.3 is 0 Å². The molecular formula is C20H24FN. The van der Waals surface area contributed by atoms with E-state index in [4.69, 9.17) is 5.26 Å². The first-order valence-electron chi connectivity index (χ1n) is 8.85. The maximum atomic E-state index is 14.5. The third-order valence-electron chi connectivity index (χ3n) is 7.00. The minimum Gasteiger partial charge on any atom is -0.205 e. The van der Waals surface area contributed by atoms with Crippen molar-refractivity contribution in [1.29, 1.82) is 5.26 Å². The Bertz CT molecular complexity index is 644. The molecule has 2 fully saturated rings. The van der Waals surface area contributed by atoms with E-state index in [1.54, 1.807) is 6.07 Å². The number of nitriles is 1. The van der Waals surface area contributed by atoms with Crippen molar-refractivity contribution in [2.24, 2.45) is 17.3 Å². The Hall–Kier alpha value is -1.36. The fourth-order valence-electron chi connectivity index (χ4n) is 5.87. The smallest absolute Gasteiger partial charge is 0.144 e. The summed E-state index contributed by atoms with van der Waals surface area (Å²) in [5.41, 5.74) is 2.82. The van der Waals surface area contributed by atoms with Crippen molar-refractivity contribution >= 4 is 0 Å². The van der Waals surface area contributed by atoms with Gasteiger partial charge in [0.1, 0.15) is 11.9 Å². The van der Waals surface area contributed by atoms with Crippen LogP contribution in [0, 0.1) is 34.4 Å². The van der Waals surface area contributed by atoms with E-state index in [2.05, 4.69) is 13.0 Å². The molecule has 2 saturated carbocycles. The number of hydrogen-bond donors (Lipinski definition) is 0. The van der Waals surface area contributed by atoms with Crippen molar-refractivity contribution in [3.05, 3.63) is 34.6 Å². The van der Waals surface area contributed by atoms with Crippen molar-refractivity contribution in [1.82, 2.24) is 0 Å². The van der Waals surface area contributed by atoms with Crippen LogP contribution in [0.25, 0.3) is 0 Å². The van der Waals surface area contributed by atoms with Gasteiger partial charge in [-0.05, 0) is 78.9 Å². The summed E-state index contributed by atoms with van der Waals surface area (Å²) in [6.07, 6.45) is 9.95. The molecule has 0 radical (unpaired) electrons. The van der Waals surface area contributed by atoms with Gasteiger partial charge >= 0.3 is 0 Å². The number of halogens is 1. The zero-order valence-corrected chi connectivity index (χ0v) is 13.4. The van der Waals surface area contributed by atoms with Crippen LogP contribution in [-0.4, -0.2) is 0 Å². The molecule has 3 aliphatic carbocycles. The van der Waals surface area contributed by atoms with Crippen molar-refractivity contribution in [3.63, 3.8) is 0 Å². The molecule has 116 valence electrons. The first kappa shape index (κ1) is 14.2. The second-order valence-electron chi connectivity index (χ2n) is 7.96. The lowest BCUT2D eigenvalue weighted by Gasteiger charge is -2.54. The zero-order chi connectivity index (χ0) is 15.3. The van der Waals surface area contributed by atoms with Gasteiger partial charge in [-0.3, -0.25) is 0 Å². The standard InChI is InChI=1S/C20H24FN/c1-20-10-3-2-4-18(20)16-7-8-17-14(15(16)9-11-20)6-5-13(12-22)19(17)21/h5-6,15-16,18H,2-4,7-11H2,1H3/t15?,16?,18?,20-/m0/s1. The topological polar surface area (TPSA) is 23.8 Å². The van der Waals surface area contributed by atoms with E-state index in [1.807, 2.05) is 6.07 Å². The minimum absolute atomic E-state index is 0.218. The molecule has 0 heterocycles. The van der Waals surface area contributed by atoms with Crippen LogP contribution in [0.4, 0.5) is 4.39 Å². The van der Waals surface area contributed by atoms with Crippen molar-refractivity contribution < 1.29 is 4.39 Å². The lowest BCUT2D eigenvalue weighted by atomic mass is 9.51. The van der Waals surface area contributed by atoms with Crippen molar-refractivity contribution in [2.75, 3.05) is 0 Å². The zero-order valence-electron chi connectivity index (χ0n) is 13.4. The molecule has 0 aromatic heterocycles. The van der Waals surface area contributed by atoms with Crippen molar-refractivity contribution in [2.45, 2.75) is 64.2 Å². The van der Waals surface area contributed by atoms with Gasteiger partial charge in [0.15, 0.2) is 0 Å². The lowest BCUT2D eigenvalue weighted by Crippen LogP contribution is -2.44. The van der Waals surface area contributed by atoms with Crippen LogP contribution in [-0.2, 0) is 6.42 Å². The highest BCUT2D eigenvalue weighted by atomic mass is 19.1. The Morgan fingerprint density at radius 2 is 2.05 bits per heavy atom. The SMILES string of the molecule is C[C@@]12CCCCC1C1CCc3c(ccc(C#N)c3F)C1CC2. The maximum absolute atomic E-state index is 14.5. The molecule has 4 atom stereocenters. The first-order chi connectivity index (χ1) is 10.6. The largest absolute Gasteiger partial charge is 0.205 e. The third kappa shape index (κ3) is 1.94. The average molecular weight is 297 g/mol. The van der Waals surface area contributed by atoms with Gasteiger partial charge in [-0.2, -0.15) is 5.26 Å². The summed E-state index contributed by atoms with van der Waals surface area (Å²) in [4.78, 5) is 0. The molecule has 1 aromatic rings. The maximum Gasteiger partial charge on any atom is 0.144 e.